The van der Waals surface area contributed by atoms with Gasteiger partial charge in [0.05, 0.1) is 12.1 Å². The zero-order chi connectivity index (χ0) is 21.1. The lowest BCUT2D eigenvalue weighted by Crippen LogP contribution is -2.49. The molecule has 29 heavy (non-hydrogen) atoms. The van der Waals surface area contributed by atoms with E-state index in [-0.39, 0.29) is 12.1 Å². The molecule has 0 spiro atoms. The molecule has 0 amide bonds. The van der Waals surface area contributed by atoms with E-state index >= 15 is 0 Å². The molecule has 1 heterocycles. The Kier molecular flexibility index (Phi) is 10.2. The van der Waals surface area contributed by atoms with Crippen LogP contribution in [0.25, 0.3) is 0 Å². The highest BCUT2D eigenvalue weighted by Crippen LogP contribution is 2.30. The first-order valence-electron chi connectivity index (χ1n) is 9.34. The molecule has 1 saturated heterocycles. The number of nitrogens with one attached hydrogen (secondary N) is 2. The Bertz CT molecular complexity index is 687. The SMILES string of the molecule is N=C(OC1OC(CNCc2ccccc2)CCC1N)C(Cl)(Cl)Cl.c1ccccc1. The van der Waals surface area contributed by atoms with Gasteiger partial charge in [-0.15, -0.1) is 0 Å². The standard InChI is InChI=1S/C15H20Cl3N3O2.C6H6/c16-15(17,18)14(20)23-13-12(19)7-6-11(22-13)9-21-8-10-4-2-1-3-5-10;1-2-4-6-5-3-1/h1-5,11-13,20-21H,6-9,19H2;1-6H. The third kappa shape index (κ3) is 9.34. The Hall–Kier alpha value is -1.34. The van der Waals surface area contributed by atoms with E-state index in [0.29, 0.717) is 6.54 Å². The molecular weight excluding hydrogens is 433 g/mol. The van der Waals surface area contributed by atoms with Crippen molar-refractivity contribution in [1.29, 1.82) is 5.41 Å². The van der Waals surface area contributed by atoms with Crippen molar-refractivity contribution in [2.75, 3.05) is 6.54 Å². The predicted molar refractivity (Wildman–Crippen MR) is 120 cm³/mol. The highest BCUT2D eigenvalue weighted by atomic mass is 35.6. The lowest BCUT2D eigenvalue weighted by atomic mass is 10.0. The number of benzene rings is 2. The Morgan fingerprint density at radius 3 is 2.14 bits per heavy atom. The van der Waals surface area contributed by atoms with Gasteiger partial charge in [-0.1, -0.05) is 102 Å². The summed E-state index contributed by atoms with van der Waals surface area (Å²) >= 11 is 16.8. The van der Waals surface area contributed by atoms with Crippen molar-refractivity contribution in [3.8, 4) is 0 Å². The van der Waals surface area contributed by atoms with E-state index in [0.717, 1.165) is 19.4 Å². The lowest BCUT2D eigenvalue weighted by molar-refractivity contribution is -0.163. The summed E-state index contributed by atoms with van der Waals surface area (Å²) < 4.78 is 9.14. The monoisotopic (exact) mass is 457 g/mol. The summed E-state index contributed by atoms with van der Waals surface area (Å²) in [5, 5.41) is 11.0. The van der Waals surface area contributed by atoms with Crippen LogP contribution < -0.4 is 11.1 Å². The largest absolute Gasteiger partial charge is 0.446 e. The van der Waals surface area contributed by atoms with Crippen molar-refractivity contribution in [3.63, 3.8) is 0 Å². The minimum absolute atomic E-state index is 0.0633. The van der Waals surface area contributed by atoms with Crippen LogP contribution in [0.4, 0.5) is 0 Å². The Morgan fingerprint density at radius 1 is 1.03 bits per heavy atom. The molecule has 2 aromatic carbocycles. The molecule has 1 aliphatic rings. The van der Waals surface area contributed by atoms with Crippen LogP contribution in [-0.4, -0.2) is 34.7 Å². The summed E-state index contributed by atoms with van der Waals surface area (Å²) in [7, 11) is 0. The molecule has 3 atom stereocenters. The first kappa shape index (κ1) is 23.9. The van der Waals surface area contributed by atoms with Crippen LogP contribution in [0.2, 0.25) is 0 Å². The highest BCUT2D eigenvalue weighted by molar-refractivity contribution is 6.76. The molecule has 0 saturated carbocycles. The van der Waals surface area contributed by atoms with E-state index in [9.17, 15) is 0 Å². The van der Waals surface area contributed by atoms with Crippen LogP contribution in [0.15, 0.2) is 66.7 Å². The normalized spacial score (nSPS) is 21.6. The fraction of sp³-hybridized carbons (Fsp3) is 0.381. The lowest BCUT2D eigenvalue weighted by Gasteiger charge is -2.35. The Morgan fingerprint density at radius 2 is 1.59 bits per heavy atom. The van der Waals surface area contributed by atoms with Gasteiger partial charge in [0.2, 0.25) is 12.2 Å². The molecule has 0 radical (unpaired) electrons. The first-order chi connectivity index (χ1) is 13.9. The molecule has 1 fully saturated rings. The Labute approximate surface area is 186 Å². The van der Waals surface area contributed by atoms with Gasteiger partial charge in [-0.05, 0) is 18.4 Å². The summed E-state index contributed by atoms with van der Waals surface area (Å²) in [5.74, 6) is -0.485. The van der Waals surface area contributed by atoms with E-state index in [4.69, 9.17) is 55.4 Å². The maximum absolute atomic E-state index is 7.61. The molecule has 158 valence electrons. The topological polar surface area (TPSA) is 80.4 Å². The molecule has 3 unspecified atom stereocenters. The minimum atomic E-state index is -1.92. The van der Waals surface area contributed by atoms with Crippen molar-refractivity contribution in [3.05, 3.63) is 72.3 Å². The fourth-order valence-corrected chi connectivity index (χ4v) is 2.81. The number of halogens is 3. The molecule has 0 aromatic heterocycles. The number of rotatable bonds is 5. The molecule has 8 heteroatoms. The number of alkyl halides is 3. The first-order valence-corrected chi connectivity index (χ1v) is 10.5. The number of hydrogen-bond acceptors (Lipinski definition) is 5. The molecular formula is C21H26Cl3N3O2. The average Bonchev–Trinajstić information content (AvgIpc) is 2.72. The predicted octanol–water partition coefficient (Wildman–Crippen LogP) is 4.66. The van der Waals surface area contributed by atoms with Gasteiger partial charge in [0.25, 0.3) is 3.79 Å². The molecule has 5 nitrogen and oxygen atoms in total. The molecule has 4 N–H and O–H groups in total. The van der Waals surface area contributed by atoms with Crippen molar-refractivity contribution in [1.82, 2.24) is 5.32 Å². The quantitative estimate of drug-likeness (QED) is 0.346. The Balaban J connectivity index is 0.000000426. The number of hydrogen-bond donors (Lipinski definition) is 3. The second kappa shape index (κ2) is 12.4. The second-order valence-corrected chi connectivity index (χ2v) is 8.86. The maximum atomic E-state index is 7.61. The van der Waals surface area contributed by atoms with Crippen LogP contribution in [0.3, 0.4) is 0 Å². The summed E-state index contributed by atoms with van der Waals surface area (Å²) in [6.07, 6.45) is 0.682. The maximum Gasteiger partial charge on any atom is 0.265 e. The third-order valence-corrected chi connectivity index (χ3v) is 4.72. The number of ether oxygens (including phenoxy) is 2. The summed E-state index contributed by atoms with van der Waals surface area (Å²) in [5.41, 5.74) is 7.16. The molecule has 0 bridgehead atoms. The molecule has 2 aromatic rings. The molecule has 3 rings (SSSR count). The number of nitrogens with two attached hydrogens (primary N) is 1. The van der Waals surface area contributed by atoms with E-state index < -0.39 is 16.0 Å². The van der Waals surface area contributed by atoms with Gasteiger partial charge in [-0.3, -0.25) is 5.41 Å². The van der Waals surface area contributed by atoms with Gasteiger partial charge in [0.15, 0.2) is 0 Å². The zero-order valence-corrected chi connectivity index (χ0v) is 18.2. The second-order valence-electron chi connectivity index (χ2n) is 6.58. The van der Waals surface area contributed by atoms with Crippen molar-refractivity contribution >= 4 is 40.7 Å². The van der Waals surface area contributed by atoms with E-state index in [1.54, 1.807) is 0 Å². The molecule has 1 aliphatic heterocycles. The third-order valence-electron chi connectivity index (χ3n) is 4.20. The van der Waals surface area contributed by atoms with Gasteiger partial charge in [0, 0.05) is 13.1 Å². The van der Waals surface area contributed by atoms with E-state index in [1.165, 1.54) is 5.56 Å². The van der Waals surface area contributed by atoms with Crippen molar-refractivity contribution in [2.45, 2.75) is 41.6 Å². The average molecular weight is 459 g/mol. The van der Waals surface area contributed by atoms with Crippen LogP contribution in [0, 0.1) is 5.41 Å². The summed E-state index contributed by atoms with van der Waals surface area (Å²) in [6.45, 7) is 1.41. The van der Waals surface area contributed by atoms with Gasteiger partial charge >= 0.3 is 0 Å². The summed E-state index contributed by atoms with van der Waals surface area (Å²) in [6, 6.07) is 21.7. The van der Waals surface area contributed by atoms with Crippen molar-refractivity contribution in [2.24, 2.45) is 5.73 Å². The smallest absolute Gasteiger partial charge is 0.265 e. The fourth-order valence-electron chi connectivity index (χ4n) is 2.68. The van der Waals surface area contributed by atoms with Crippen LogP contribution in [-0.2, 0) is 16.0 Å². The summed E-state index contributed by atoms with van der Waals surface area (Å²) in [4.78, 5) is 0. The minimum Gasteiger partial charge on any atom is -0.446 e. The van der Waals surface area contributed by atoms with Crippen LogP contribution >= 0.6 is 34.8 Å². The van der Waals surface area contributed by atoms with Crippen molar-refractivity contribution < 1.29 is 9.47 Å². The molecule has 0 aliphatic carbocycles. The van der Waals surface area contributed by atoms with Gasteiger partial charge in [-0.2, -0.15) is 0 Å². The highest BCUT2D eigenvalue weighted by Gasteiger charge is 2.36. The van der Waals surface area contributed by atoms with E-state index in [1.807, 2.05) is 54.6 Å². The van der Waals surface area contributed by atoms with Gasteiger partial charge in [0.1, 0.15) is 0 Å². The van der Waals surface area contributed by atoms with Crippen LogP contribution in [0.1, 0.15) is 18.4 Å². The van der Waals surface area contributed by atoms with E-state index in [2.05, 4.69) is 17.4 Å². The van der Waals surface area contributed by atoms with Crippen LogP contribution in [0.5, 0.6) is 0 Å². The zero-order valence-electron chi connectivity index (χ0n) is 15.9. The van der Waals surface area contributed by atoms with Gasteiger partial charge < -0.3 is 20.5 Å². The van der Waals surface area contributed by atoms with Gasteiger partial charge in [-0.25, -0.2) is 0 Å².